The average Bonchev–Trinajstić information content (AvgIpc) is 2.63. The van der Waals surface area contributed by atoms with Crippen LogP contribution in [0.15, 0.2) is 47.4 Å². The molecule has 0 bridgehead atoms. The number of hydrogen-bond acceptors (Lipinski definition) is 3. The highest BCUT2D eigenvalue weighted by Gasteiger charge is 2.24. The van der Waals surface area contributed by atoms with Crippen LogP contribution in [0.3, 0.4) is 0 Å². The number of likely N-dealkylation sites (tertiary alicyclic amines) is 1. The number of nitrogens with zero attached hydrogens (tertiary/aromatic N) is 1. The minimum atomic E-state index is -0.914. The van der Waals surface area contributed by atoms with E-state index in [1.807, 2.05) is 6.07 Å². The SMILES string of the molecule is O=C(O)c1cccc(CC2CCN(C(=O)c3ccc(=O)[nH]c3)CC2)c1. The van der Waals surface area contributed by atoms with Crippen LogP contribution in [-0.4, -0.2) is 40.0 Å². The third-order valence-corrected chi connectivity index (χ3v) is 4.63. The van der Waals surface area contributed by atoms with E-state index in [9.17, 15) is 14.4 Å². The number of carbonyl (C=O) groups is 2. The first-order valence-electron chi connectivity index (χ1n) is 8.33. The molecular weight excluding hydrogens is 320 g/mol. The molecule has 1 saturated heterocycles. The van der Waals surface area contributed by atoms with Crippen LogP contribution in [0, 0.1) is 5.92 Å². The summed E-state index contributed by atoms with van der Waals surface area (Å²) < 4.78 is 0. The number of H-pyrrole nitrogens is 1. The maximum absolute atomic E-state index is 12.4. The summed E-state index contributed by atoms with van der Waals surface area (Å²) in [5, 5.41) is 9.07. The van der Waals surface area contributed by atoms with E-state index in [-0.39, 0.29) is 11.5 Å². The molecule has 2 heterocycles. The summed E-state index contributed by atoms with van der Waals surface area (Å²) in [6.07, 6.45) is 4.04. The van der Waals surface area contributed by atoms with Crippen molar-refractivity contribution in [2.45, 2.75) is 19.3 Å². The summed E-state index contributed by atoms with van der Waals surface area (Å²) >= 11 is 0. The standard InChI is InChI=1S/C19H20N2O4/c22-17-5-4-16(12-20-17)18(23)21-8-6-13(7-9-21)10-14-2-1-3-15(11-14)19(24)25/h1-5,11-13H,6-10H2,(H,20,22)(H,24,25). The molecule has 1 fully saturated rings. The van der Waals surface area contributed by atoms with Gasteiger partial charge < -0.3 is 15.0 Å². The molecular formula is C19H20N2O4. The van der Waals surface area contributed by atoms with Crippen LogP contribution in [0.25, 0.3) is 0 Å². The molecule has 0 unspecified atom stereocenters. The highest BCUT2D eigenvalue weighted by Crippen LogP contribution is 2.23. The molecule has 2 aromatic rings. The molecule has 0 radical (unpaired) electrons. The third kappa shape index (κ3) is 4.15. The minimum Gasteiger partial charge on any atom is -0.478 e. The second kappa shape index (κ2) is 7.34. The number of carboxylic acids is 1. The first-order valence-corrected chi connectivity index (χ1v) is 8.33. The van der Waals surface area contributed by atoms with Crippen molar-refractivity contribution in [2.24, 2.45) is 5.92 Å². The van der Waals surface area contributed by atoms with Gasteiger partial charge in [0, 0.05) is 25.4 Å². The lowest BCUT2D eigenvalue weighted by Crippen LogP contribution is -2.39. The van der Waals surface area contributed by atoms with Crippen molar-refractivity contribution in [1.29, 1.82) is 0 Å². The second-order valence-corrected chi connectivity index (χ2v) is 6.39. The van der Waals surface area contributed by atoms with E-state index in [0.717, 1.165) is 24.8 Å². The number of piperidine rings is 1. The average molecular weight is 340 g/mol. The summed E-state index contributed by atoms with van der Waals surface area (Å²) in [6.45, 7) is 1.34. The number of amides is 1. The molecule has 1 aliphatic rings. The molecule has 1 aliphatic heterocycles. The van der Waals surface area contributed by atoms with Crippen molar-refractivity contribution in [3.05, 3.63) is 69.6 Å². The molecule has 1 amide bonds. The van der Waals surface area contributed by atoms with E-state index >= 15 is 0 Å². The van der Waals surface area contributed by atoms with Gasteiger partial charge >= 0.3 is 5.97 Å². The Bertz CT molecular complexity index is 815. The summed E-state index contributed by atoms with van der Waals surface area (Å²) in [5.41, 5.74) is 1.60. The highest BCUT2D eigenvalue weighted by molar-refractivity contribution is 5.93. The number of carbonyl (C=O) groups excluding carboxylic acids is 1. The topological polar surface area (TPSA) is 90.5 Å². The summed E-state index contributed by atoms with van der Waals surface area (Å²) in [4.78, 5) is 38.9. The fourth-order valence-corrected chi connectivity index (χ4v) is 3.23. The van der Waals surface area contributed by atoms with E-state index in [0.29, 0.717) is 30.1 Å². The first-order chi connectivity index (χ1) is 12.0. The number of carboxylic acid groups (broad SMARTS) is 1. The van der Waals surface area contributed by atoms with Crippen LogP contribution in [0.4, 0.5) is 0 Å². The van der Waals surface area contributed by atoms with E-state index in [4.69, 9.17) is 5.11 Å². The normalized spacial score (nSPS) is 15.1. The molecule has 6 nitrogen and oxygen atoms in total. The van der Waals surface area contributed by atoms with Gasteiger partial charge in [0.05, 0.1) is 11.1 Å². The smallest absolute Gasteiger partial charge is 0.335 e. The predicted octanol–water partition coefficient (Wildman–Crippen LogP) is 2.17. The van der Waals surface area contributed by atoms with Gasteiger partial charge in [-0.3, -0.25) is 9.59 Å². The molecule has 0 aliphatic carbocycles. The van der Waals surface area contributed by atoms with Crippen molar-refractivity contribution in [3.63, 3.8) is 0 Å². The molecule has 1 aromatic carbocycles. The van der Waals surface area contributed by atoms with Gasteiger partial charge in [0.25, 0.3) is 5.91 Å². The highest BCUT2D eigenvalue weighted by atomic mass is 16.4. The second-order valence-electron chi connectivity index (χ2n) is 6.39. The van der Waals surface area contributed by atoms with Crippen molar-refractivity contribution >= 4 is 11.9 Å². The van der Waals surface area contributed by atoms with Crippen LogP contribution in [0.2, 0.25) is 0 Å². The molecule has 0 saturated carbocycles. The van der Waals surface area contributed by atoms with E-state index in [1.165, 1.54) is 12.3 Å². The quantitative estimate of drug-likeness (QED) is 0.892. The minimum absolute atomic E-state index is 0.0671. The number of benzene rings is 1. The Morgan fingerprint density at radius 3 is 2.52 bits per heavy atom. The van der Waals surface area contributed by atoms with Gasteiger partial charge in [-0.2, -0.15) is 0 Å². The first kappa shape index (κ1) is 17.0. The zero-order valence-electron chi connectivity index (χ0n) is 13.8. The van der Waals surface area contributed by atoms with E-state index in [2.05, 4.69) is 4.98 Å². The van der Waals surface area contributed by atoms with E-state index in [1.54, 1.807) is 29.2 Å². The number of pyridine rings is 1. The van der Waals surface area contributed by atoms with Gasteiger partial charge in [-0.25, -0.2) is 4.79 Å². The van der Waals surface area contributed by atoms with Crippen LogP contribution in [0.1, 0.15) is 39.1 Å². The zero-order chi connectivity index (χ0) is 17.8. The Morgan fingerprint density at radius 1 is 1.12 bits per heavy atom. The monoisotopic (exact) mass is 340 g/mol. The largest absolute Gasteiger partial charge is 0.478 e. The third-order valence-electron chi connectivity index (χ3n) is 4.63. The molecule has 25 heavy (non-hydrogen) atoms. The Kier molecular flexibility index (Phi) is 4.97. The van der Waals surface area contributed by atoms with Crippen molar-refractivity contribution in [1.82, 2.24) is 9.88 Å². The fraction of sp³-hybridized carbons (Fsp3) is 0.316. The lowest BCUT2D eigenvalue weighted by molar-refractivity contribution is 0.0681. The van der Waals surface area contributed by atoms with Crippen LogP contribution >= 0.6 is 0 Å². The summed E-state index contributed by atoms with van der Waals surface area (Å²) in [5.74, 6) is -0.547. The van der Waals surface area contributed by atoms with Crippen molar-refractivity contribution < 1.29 is 14.7 Å². The molecule has 130 valence electrons. The summed E-state index contributed by atoms with van der Waals surface area (Å²) in [6, 6.07) is 9.94. The number of aromatic amines is 1. The van der Waals surface area contributed by atoms with Crippen LogP contribution in [-0.2, 0) is 6.42 Å². The van der Waals surface area contributed by atoms with Crippen molar-refractivity contribution in [3.8, 4) is 0 Å². The fourth-order valence-electron chi connectivity index (χ4n) is 3.23. The van der Waals surface area contributed by atoms with Gasteiger partial charge in [-0.15, -0.1) is 0 Å². The predicted molar refractivity (Wildman–Crippen MR) is 92.8 cm³/mol. The van der Waals surface area contributed by atoms with Gasteiger partial charge in [0.1, 0.15) is 0 Å². The molecule has 0 spiro atoms. The van der Waals surface area contributed by atoms with Crippen molar-refractivity contribution in [2.75, 3.05) is 13.1 Å². The van der Waals surface area contributed by atoms with Gasteiger partial charge in [-0.1, -0.05) is 12.1 Å². The Morgan fingerprint density at radius 2 is 1.88 bits per heavy atom. The Labute approximate surface area is 145 Å². The lowest BCUT2D eigenvalue weighted by Gasteiger charge is -2.32. The molecule has 1 aromatic heterocycles. The molecule has 6 heteroatoms. The number of aromatic carboxylic acids is 1. The van der Waals surface area contributed by atoms with Gasteiger partial charge in [-0.05, 0) is 48.9 Å². The van der Waals surface area contributed by atoms with Crippen LogP contribution in [0.5, 0.6) is 0 Å². The number of hydrogen-bond donors (Lipinski definition) is 2. The lowest BCUT2D eigenvalue weighted by atomic mass is 9.89. The maximum atomic E-state index is 12.4. The van der Waals surface area contributed by atoms with E-state index < -0.39 is 5.97 Å². The Balaban J connectivity index is 1.57. The Hall–Kier alpha value is -2.89. The number of nitrogens with one attached hydrogen (secondary N) is 1. The molecule has 0 atom stereocenters. The number of aromatic nitrogens is 1. The molecule has 3 rings (SSSR count). The van der Waals surface area contributed by atoms with Gasteiger partial charge in [0.2, 0.25) is 5.56 Å². The number of rotatable bonds is 4. The van der Waals surface area contributed by atoms with Crippen LogP contribution < -0.4 is 5.56 Å². The molecule has 2 N–H and O–H groups in total. The maximum Gasteiger partial charge on any atom is 0.335 e. The zero-order valence-corrected chi connectivity index (χ0v) is 13.8. The van der Waals surface area contributed by atoms with Gasteiger partial charge in [0.15, 0.2) is 0 Å². The summed E-state index contributed by atoms with van der Waals surface area (Å²) in [7, 11) is 0.